The van der Waals surface area contributed by atoms with E-state index in [0.717, 1.165) is 22.8 Å². The van der Waals surface area contributed by atoms with Crippen LogP contribution in [0, 0.1) is 11.2 Å². The third-order valence-electron chi connectivity index (χ3n) is 7.61. The van der Waals surface area contributed by atoms with Crippen molar-refractivity contribution < 1.29 is 28.2 Å². The van der Waals surface area contributed by atoms with E-state index in [1.165, 1.54) is 12.1 Å². The molecule has 0 saturated carbocycles. The van der Waals surface area contributed by atoms with Crippen LogP contribution in [0.15, 0.2) is 60.7 Å². The third-order valence-corrected chi connectivity index (χ3v) is 7.61. The van der Waals surface area contributed by atoms with Gasteiger partial charge in [0.15, 0.2) is 17.3 Å². The monoisotopic (exact) mass is 602 g/mol. The molecule has 0 atom stereocenters. The van der Waals surface area contributed by atoms with Crippen LogP contribution in [0.3, 0.4) is 0 Å². The van der Waals surface area contributed by atoms with Crippen molar-refractivity contribution in [3.05, 3.63) is 88.7 Å². The number of anilines is 1. The van der Waals surface area contributed by atoms with Crippen LogP contribution in [0.1, 0.15) is 59.0 Å². The molecule has 0 aliphatic carbocycles. The maximum absolute atomic E-state index is 14.9. The van der Waals surface area contributed by atoms with Gasteiger partial charge in [0.25, 0.3) is 5.91 Å². The summed E-state index contributed by atoms with van der Waals surface area (Å²) in [6.07, 6.45) is 1.06. The number of halogens is 1. The Morgan fingerprint density at radius 1 is 0.864 bits per heavy atom. The number of hydrogen-bond donors (Lipinski definition) is 2. The van der Waals surface area contributed by atoms with Crippen molar-refractivity contribution in [2.75, 3.05) is 44.8 Å². The number of Topliss-reactive ketones (excluding diaryl/α,β-unsaturated/α-hetero) is 1. The van der Waals surface area contributed by atoms with Gasteiger partial charge in [0.05, 0.1) is 5.69 Å². The highest BCUT2D eigenvalue weighted by atomic mass is 19.1. The summed E-state index contributed by atoms with van der Waals surface area (Å²) in [6, 6.07) is 16.9. The highest BCUT2D eigenvalue weighted by Crippen LogP contribution is 2.32. The maximum atomic E-state index is 14.9. The van der Waals surface area contributed by atoms with E-state index in [2.05, 4.69) is 36.3 Å². The minimum atomic E-state index is -0.679. The lowest BCUT2D eigenvalue weighted by atomic mass is 9.87. The number of ether oxygens (including phenoxy) is 2. The number of benzene rings is 3. The predicted octanol–water partition coefficient (Wildman–Crippen LogP) is 5.50. The van der Waals surface area contributed by atoms with Gasteiger partial charge >= 0.3 is 6.03 Å². The van der Waals surface area contributed by atoms with Crippen LogP contribution < -0.4 is 20.1 Å². The zero-order valence-electron chi connectivity index (χ0n) is 25.5. The molecule has 2 aliphatic rings. The standard InChI is InChI=1S/C34H39FN4O5/c1-34(2,3)20-29(40)25-6-4-5-24(17-25)21-38-13-15-39(16-14-38)32(41)26-8-9-28(27(35)19-26)37-33(42)36-12-11-23-7-10-30-31(18-23)44-22-43-30/h4-10,17-19H,11-16,20-22H2,1-3H3,(H2,36,37,42). The van der Waals surface area contributed by atoms with Crippen LogP contribution in [0.4, 0.5) is 14.9 Å². The SMILES string of the molecule is CC(C)(C)CC(=O)c1cccc(CN2CCN(C(=O)c3ccc(NC(=O)NCCc4ccc5c(c4)OCO5)c(F)c3)CC2)c1. The fraction of sp³-hybridized carbons (Fsp3) is 0.382. The fourth-order valence-corrected chi connectivity index (χ4v) is 5.31. The van der Waals surface area contributed by atoms with Crippen molar-refractivity contribution in [3.8, 4) is 11.5 Å². The van der Waals surface area contributed by atoms with Gasteiger partial charge in [0, 0.05) is 56.8 Å². The number of piperazine rings is 1. The lowest BCUT2D eigenvalue weighted by molar-refractivity contribution is 0.0627. The molecule has 0 unspecified atom stereocenters. The van der Waals surface area contributed by atoms with Crippen LogP contribution in [-0.4, -0.2) is 67.0 Å². The molecule has 3 aromatic carbocycles. The molecule has 3 aromatic rings. The van der Waals surface area contributed by atoms with Crippen LogP contribution in [0.25, 0.3) is 0 Å². The van der Waals surface area contributed by atoms with Crippen molar-refractivity contribution in [1.29, 1.82) is 0 Å². The molecule has 0 spiro atoms. The summed E-state index contributed by atoms with van der Waals surface area (Å²) < 4.78 is 25.5. The normalized spacial score (nSPS) is 14.8. The van der Waals surface area contributed by atoms with E-state index in [1.807, 2.05) is 42.5 Å². The van der Waals surface area contributed by atoms with Gasteiger partial charge in [-0.15, -0.1) is 0 Å². The molecule has 1 saturated heterocycles. The quantitative estimate of drug-likeness (QED) is 0.314. The van der Waals surface area contributed by atoms with Gasteiger partial charge in [0.2, 0.25) is 6.79 Å². The minimum Gasteiger partial charge on any atom is -0.454 e. The second-order valence-electron chi connectivity index (χ2n) is 12.4. The van der Waals surface area contributed by atoms with Gasteiger partial charge in [-0.1, -0.05) is 45.0 Å². The third kappa shape index (κ3) is 8.13. The van der Waals surface area contributed by atoms with Gasteiger partial charge in [0.1, 0.15) is 5.82 Å². The summed E-state index contributed by atoms with van der Waals surface area (Å²) in [4.78, 5) is 42.1. The summed E-state index contributed by atoms with van der Waals surface area (Å²) in [6.45, 7) is 9.75. The molecular formula is C34H39FN4O5. The predicted molar refractivity (Wildman–Crippen MR) is 166 cm³/mol. The first-order valence-corrected chi connectivity index (χ1v) is 14.9. The lowest BCUT2D eigenvalue weighted by Crippen LogP contribution is -2.48. The number of carbonyl (C=O) groups is 3. The van der Waals surface area contributed by atoms with Crippen molar-refractivity contribution in [2.45, 2.75) is 40.2 Å². The van der Waals surface area contributed by atoms with E-state index in [9.17, 15) is 18.8 Å². The Balaban J connectivity index is 1.07. The molecule has 10 heteroatoms. The minimum absolute atomic E-state index is 0.00448. The molecule has 0 aromatic heterocycles. The second kappa shape index (κ2) is 13.5. The van der Waals surface area contributed by atoms with Crippen molar-refractivity contribution >= 4 is 23.4 Å². The average molecular weight is 603 g/mol. The fourth-order valence-electron chi connectivity index (χ4n) is 5.31. The molecule has 44 heavy (non-hydrogen) atoms. The largest absolute Gasteiger partial charge is 0.454 e. The smallest absolute Gasteiger partial charge is 0.319 e. The summed E-state index contributed by atoms with van der Waals surface area (Å²) in [7, 11) is 0. The number of amides is 3. The zero-order valence-corrected chi connectivity index (χ0v) is 25.5. The lowest BCUT2D eigenvalue weighted by Gasteiger charge is -2.35. The first kappa shape index (κ1) is 31.0. The van der Waals surface area contributed by atoms with E-state index >= 15 is 0 Å². The number of nitrogens with zero attached hydrogens (tertiary/aromatic N) is 2. The molecule has 5 rings (SSSR count). The molecule has 1 fully saturated rings. The van der Waals surface area contributed by atoms with E-state index in [0.29, 0.717) is 63.6 Å². The van der Waals surface area contributed by atoms with Gasteiger partial charge in [-0.25, -0.2) is 9.18 Å². The van der Waals surface area contributed by atoms with Gasteiger partial charge in [-0.3, -0.25) is 14.5 Å². The Labute approximate surface area is 257 Å². The first-order valence-electron chi connectivity index (χ1n) is 14.9. The molecule has 9 nitrogen and oxygen atoms in total. The van der Waals surface area contributed by atoms with Gasteiger partial charge < -0.3 is 25.0 Å². The van der Waals surface area contributed by atoms with Crippen LogP contribution in [0.5, 0.6) is 11.5 Å². The molecule has 3 amide bonds. The number of ketones is 1. The van der Waals surface area contributed by atoms with Crippen molar-refractivity contribution in [2.24, 2.45) is 5.41 Å². The molecule has 232 valence electrons. The maximum Gasteiger partial charge on any atom is 0.319 e. The van der Waals surface area contributed by atoms with Crippen LogP contribution in [0.2, 0.25) is 0 Å². The molecule has 2 aliphatic heterocycles. The topological polar surface area (TPSA) is 100 Å². The second-order valence-corrected chi connectivity index (χ2v) is 12.4. The van der Waals surface area contributed by atoms with Gasteiger partial charge in [-0.05, 0) is 59.4 Å². The average Bonchev–Trinajstić information content (AvgIpc) is 3.46. The Morgan fingerprint density at radius 2 is 1.64 bits per heavy atom. The molecule has 0 bridgehead atoms. The Morgan fingerprint density at radius 3 is 2.39 bits per heavy atom. The zero-order chi connectivity index (χ0) is 31.3. The number of urea groups is 1. The number of nitrogens with one attached hydrogen (secondary N) is 2. The first-order chi connectivity index (χ1) is 21.0. The highest BCUT2D eigenvalue weighted by molar-refractivity contribution is 5.97. The van der Waals surface area contributed by atoms with E-state index < -0.39 is 11.8 Å². The Bertz CT molecular complexity index is 1530. The van der Waals surface area contributed by atoms with Gasteiger partial charge in [-0.2, -0.15) is 0 Å². The van der Waals surface area contributed by atoms with Crippen molar-refractivity contribution in [3.63, 3.8) is 0 Å². The Kier molecular flexibility index (Phi) is 9.49. The molecule has 2 heterocycles. The van der Waals surface area contributed by atoms with Crippen LogP contribution >= 0.6 is 0 Å². The summed E-state index contributed by atoms with van der Waals surface area (Å²) in [5.41, 5.74) is 2.92. The molecular weight excluding hydrogens is 563 g/mol. The number of hydrogen-bond acceptors (Lipinski definition) is 6. The van der Waals surface area contributed by atoms with E-state index in [-0.39, 0.29) is 35.1 Å². The highest BCUT2D eigenvalue weighted by Gasteiger charge is 2.24. The number of carbonyl (C=O) groups excluding carboxylic acids is 3. The molecule has 2 N–H and O–H groups in total. The Hall–Kier alpha value is -4.44. The summed E-state index contributed by atoms with van der Waals surface area (Å²) in [5.74, 6) is 0.584. The molecule has 0 radical (unpaired) electrons. The summed E-state index contributed by atoms with van der Waals surface area (Å²) >= 11 is 0. The number of fused-ring (bicyclic) bond motifs is 1. The van der Waals surface area contributed by atoms with Crippen molar-refractivity contribution in [1.82, 2.24) is 15.1 Å². The van der Waals surface area contributed by atoms with Crippen LogP contribution in [-0.2, 0) is 13.0 Å². The van der Waals surface area contributed by atoms with E-state index in [4.69, 9.17) is 9.47 Å². The number of rotatable bonds is 9. The summed E-state index contributed by atoms with van der Waals surface area (Å²) in [5, 5.41) is 5.23. The van der Waals surface area contributed by atoms with E-state index in [1.54, 1.807) is 4.90 Å².